The van der Waals surface area contributed by atoms with Crippen molar-refractivity contribution >= 4 is 5.97 Å². The van der Waals surface area contributed by atoms with Gasteiger partial charge in [-0.25, -0.2) is 4.79 Å². The number of ether oxygens (including phenoxy) is 1. The summed E-state index contributed by atoms with van der Waals surface area (Å²) < 4.78 is 5.49. The van der Waals surface area contributed by atoms with E-state index in [9.17, 15) is 4.79 Å². The van der Waals surface area contributed by atoms with Crippen molar-refractivity contribution in [3.05, 3.63) is 29.8 Å². The molecule has 3 heterocycles. The molecule has 0 amide bonds. The first-order chi connectivity index (χ1) is 12.2. The summed E-state index contributed by atoms with van der Waals surface area (Å²) in [6.07, 6.45) is 5.52. The molecule has 5 rings (SSSR count). The van der Waals surface area contributed by atoms with Gasteiger partial charge in [-0.3, -0.25) is 9.80 Å². The van der Waals surface area contributed by atoms with Gasteiger partial charge in [-0.15, -0.1) is 0 Å². The number of fused-ring (bicyclic) bond motifs is 4. The van der Waals surface area contributed by atoms with Gasteiger partial charge in [0.2, 0.25) is 0 Å². The van der Waals surface area contributed by atoms with Gasteiger partial charge in [-0.2, -0.15) is 0 Å². The summed E-state index contributed by atoms with van der Waals surface area (Å²) in [5.74, 6) is 1.50. The van der Waals surface area contributed by atoms with Crippen molar-refractivity contribution in [1.82, 2.24) is 9.80 Å². The van der Waals surface area contributed by atoms with E-state index < -0.39 is 5.97 Å². The molecule has 5 heteroatoms. The molecule has 3 aliphatic heterocycles. The van der Waals surface area contributed by atoms with Crippen LogP contribution in [-0.4, -0.2) is 59.7 Å². The van der Waals surface area contributed by atoms with Crippen LogP contribution >= 0.6 is 0 Å². The number of carboxylic acids is 1. The summed E-state index contributed by atoms with van der Waals surface area (Å²) in [6, 6.07) is 8.54. The van der Waals surface area contributed by atoms with E-state index >= 15 is 0 Å². The average Bonchev–Trinajstić information content (AvgIpc) is 3.42. The van der Waals surface area contributed by atoms with Crippen LogP contribution in [-0.2, 0) is 11.3 Å². The van der Waals surface area contributed by atoms with E-state index in [0.29, 0.717) is 11.8 Å². The molecule has 1 N–H and O–H groups in total. The molecule has 1 aromatic rings. The maximum Gasteiger partial charge on any atom is 0.341 e. The van der Waals surface area contributed by atoms with Crippen LogP contribution < -0.4 is 4.74 Å². The number of nitrogens with zero attached hydrogens (tertiary/aromatic N) is 2. The first kappa shape index (κ1) is 16.9. The summed E-state index contributed by atoms with van der Waals surface area (Å²) in [5, 5.41) is 8.87. The maximum atomic E-state index is 10.8. The molecule has 25 heavy (non-hydrogen) atoms. The number of hydrogen-bond acceptors (Lipinski definition) is 4. The first-order valence-electron chi connectivity index (χ1n) is 9.56. The zero-order valence-corrected chi connectivity index (χ0v) is 14.8. The molecule has 1 aliphatic carbocycles. The minimum absolute atomic E-state index is 0.280. The Bertz CT molecular complexity index is 617. The van der Waals surface area contributed by atoms with Crippen LogP contribution in [0.5, 0.6) is 5.75 Å². The smallest absolute Gasteiger partial charge is 0.341 e. The van der Waals surface area contributed by atoms with Gasteiger partial charge in [0, 0.05) is 44.3 Å². The molecule has 1 saturated carbocycles. The number of para-hydroxylation sites is 1. The van der Waals surface area contributed by atoms with E-state index in [1.54, 1.807) is 0 Å². The summed E-state index contributed by atoms with van der Waals surface area (Å²) >= 11 is 0. The summed E-state index contributed by atoms with van der Waals surface area (Å²) in [7, 11) is 0. The lowest BCUT2D eigenvalue weighted by molar-refractivity contribution is -0.139. The van der Waals surface area contributed by atoms with Gasteiger partial charge in [0.1, 0.15) is 5.75 Å². The fraction of sp³-hybridized carbons (Fsp3) is 0.650. The second-order valence-corrected chi connectivity index (χ2v) is 7.98. The molecule has 0 spiro atoms. The van der Waals surface area contributed by atoms with Crippen LogP contribution in [0.25, 0.3) is 0 Å². The third kappa shape index (κ3) is 4.33. The summed E-state index contributed by atoms with van der Waals surface area (Å²) in [6.45, 7) is 5.39. The van der Waals surface area contributed by atoms with Gasteiger partial charge < -0.3 is 9.84 Å². The van der Waals surface area contributed by atoms with Crippen LogP contribution in [0.4, 0.5) is 0 Å². The van der Waals surface area contributed by atoms with Crippen molar-refractivity contribution in [2.24, 2.45) is 11.8 Å². The average molecular weight is 344 g/mol. The number of carboxylic acid groups (broad SMARTS) is 1. The number of benzene rings is 1. The lowest BCUT2D eigenvalue weighted by Gasteiger charge is -2.36. The van der Waals surface area contributed by atoms with Gasteiger partial charge in [0.05, 0.1) is 0 Å². The zero-order valence-electron chi connectivity index (χ0n) is 14.8. The lowest BCUT2D eigenvalue weighted by atomic mass is 9.95. The molecule has 3 saturated heterocycles. The van der Waals surface area contributed by atoms with Crippen LogP contribution in [0.2, 0.25) is 0 Å². The predicted molar refractivity (Wildman–Crippen MR) is 95.7 cm³/mol. The van der Waals surface area contributed by atoms with Crippen LogP contribution in [0.1, 0.15) is 31.2 Å². The van der Waals surface area contributed by atoms with Gasteiger partial charge in [0.25, 0.3) is 0 Å². The molecular weight excluding hydrogens is 316 g/mol. The van der Waals surface area contributed by atoms with Crippen molar-refractivity contribution in [2.75, 3.05) is 32.8 Å². The maximum absolute atomic E-state index is 10.8. The molecule has 0 radical (unpaired) electrons. The minimum Gasteiger partial charge on any atom is -0.482 e. The SMILES string of the molecule is O=C(O)COc1ccccc1CN1C[C@H]2CC[C@@H](C1)N(CC1CC1)C2. The summed E-state index contributed by atoms with van der Waals surface area (Å²) in [4.78, 5) is 16.1. The Morgan fingerprint density at radius 1 is 1.12 bits per heavy atom. The third-order valence-electron chi connectivity index (χ3n) is 5.81. The standard InChI is InChI=1S/C20H28N2O3/c23-20(24)14-25-19-4-2-1-3-17(19)12-21-9-16-7-8-18(13-21)22(11-16)10-15-5-6-15/h1-4,15-16,18H,5-14H2,(H,23,24)/t16-,18+/m1/s1. The lowest BCUT2D eigenvalue weighted by Crippen LogP contribution is -2.44. The number of carbonyl (C=O) groups is 1. The molecule has 0 unspecified atom stereocenters. The second kappa shape index (κ2) is 7.34. The Hall–Kier alpha value is -1.59. The molecule has 2 bridgehead atoms. The van der Waals surface area contributed by atoms with Crippen molar-refractivity contribution in [2.45, 2.75) is 38.3 Å². The Morgan fingerprint density at radius 2 is 1.96 bits per heavy atom. The molecular formula is C20H28N2O3. The highest BCUT2D eigenvalue weighted by Gasteiger charge is 2.37. The summed E-state index contributed by atoms with van der Waals surface area (Å²) in [5.41, 5.74) is 1.10. The molecule has 0 aromatic heterocycles. The molecule has 136 valence electrons. The van der Waals surface area contributed by atoms with Gasteiger partial charge in [-0.1, -0.05) is 18.2 Å². The highest BCUT2D eigenvalue weighted by molar-refractivity contribution is 5.68. The number of aliphatic carboxylic acids is 1. The third-order valence-corrected chi connectivity index (χ3v) is 5.81. The number of hydrogen-bond donors (Lipinski definition) is 1. The van der Waals surface area contributed by atoms with E-state index in [4.69, 9.17) is 9.84 Å². The number of rotatable bonds is 7. The fourth-order valence-electron chi connectivity index (χ4n) is 4.42. The molecule has 5 nitrogen and oxygen atoms in total. The predicted octanol–water partition coefficient (Wildman–Crippen LogP) is 2.46. The highest BCUT2D eigenvalue weighted by Crippen LogP contribution is 2.35. The van der Waals surface area contributed by atoms with Gasteiger partial charge in [0.15, 0.2) is 6.61 Å². The van der Waals surface area contributed by atoms with Crippen molar-refractivity contribution in [3.63, 3.8) is 0 Å². The zero-order chi connectivity index (χ0) is 17.2. The first-order valence-corrected chi connectivity index (χ1v) is 9.56. The Labute approximate surface area is 149 Å². The number of piperidine rings is 1. The molecule has 4 aliphatic rings. The molecule has 1 aromatic carbocycles. The Balaban J connectivity index is 1.42. The van der Waals surface area contributed by atoms with Crippen molar-refractivity contribution in [3.8, 4) is 5.75 Å². The minimum atomic E-state index is -0.932. The van der Waals surface area contributed by atoms with Crippen LogP contribution in [0, 0.1) is 11.8 Å². The van der Waals surface area contributed by atoms with Crippen LogP contribution in [0.3, 0.4) is 0 Å². The monoisotopic (exact) mass is 344 g/mol. The van der Waals surface area contributed by atoms with Crippen LogP contribution in [0.15, 0.2) is 24.3 Å². The largest absolute Gasteiger partial charge is 0.482 e. The van der Waals surface area contributed by atoms with E-state index in [0.717, 1.165) is 37.0 Å². The highest BCUT2D eigenvalue weighted by atomic mass is 16.5. The molecule has 2 atom stereocenters. The van der Waals surface area contributed by atoms with E-state index in [1.165, 1.54) is 38.8 Å². The second-order valence-electron chi connectivity index (χ2n) is 7.98. The Morgan fingerprint density at radius 3 is 2.76 bits per heavy atom. The van der Waals surface area contributed by atoms with Crippen molar-refractivity contribution < 1.29 is 14.6 Å². The van der Waals surface area contributed by atoms with E-state index in [2.05, 4.69) is 15.9 Å². The topological polar surface area (TPSA) is 53.0 Å². The van der Waals surface area contributed by atoms with Gasteiger partial charge in [-0.05, 0) is 43.6 Å². The quantitative estimate of drug-likeness (QED) is 0.823. The van der Waals surface area contributed by atoms with E-state index in [-0.39, 0.29) is 6.61 Å². The van der Waals surface area contributed by atoms with E-state index in [1.807, 2.05) is 18.2 Å². The molecule has 4 fully saturated rings. The fourth-order valence-corrected chi connectivity index (χ4v) is 4.42. The Kier molecular flexibility index (Phi) is 4.95. The normalized spacial score (nSPS) is 27.2. The van der Waals surface area contributed by atoms with Crippen molar-refractivity contribution in [1.29, 1.82) is 0 Å². The van der Waals surface area contributed by atoms with Gasteiger partial charge >= 0.3 is 5.97 Å².